The minimum atomic E-state index is -0.816. The Kier molecular flexibility index (Phi) is 5.42. The number of amides is 2. The standard InChI is InChI=1S/C18H26N2O3/c1-5-11(2)17-12(3)7-6-8-14(17)20(13(4)21)15-9-10-16(22)19-18(15)23/h6-8,11,13,15,21H,5,9-10H2,1-4H3,(H,19,22,23). The maximum atomic E-state index is 12.3. The Morgan fingerprint density at radius 2 is 2.04 bits per heavy atom. The van der Waals surface area contributed by atoms with Gasteiger partial charge in [-0.3, -0.25) is 14.9 Å². The Bertz CT molecular complexity index is 598. The molecule has 1 heterocycles. The molecule has 0 aliphatic carbocycles. The largest absolute Gasteiger partial charge is 0.374 e. The summed E-state index contributed by atoms with van der Waals surface area (Å²) in [6.07, 6.45) is 0.873. The van der Waals surface area contributed by atoms with E-state index in [2.05, 4.69) is 32.2 Å². The molecular formula is C18H26N2O3. The molecule has 2 rings (SSSR count). The van der Waals surface area contributed by atoms with Gasteiger partial charge < -0.3 is 10.0 Å². The van der Waals surface area contributed by atoms with Crippen LogP contribution in [0.1, 0.15) is 57.1 Å². The Labute approximate surface area is 137 Å². The minimum Gasteiger partial charge on any atom is -0.374 e. The van der Waals surface area contributed by atoms with Gasteiger partial charge >= 0.3 is 0 Å². The average molecular weight is 318 g/mol. The van der Waals surface area contributed by atoms with Crippen LogP contribution in [0.4, 0.5) is 5.69 Å². The number of piperidine rings is 1. The average Bonchev–Trinajstić information content (AvgIpc) is 2.49. The van der Waals surface area contributed by atoms with Gasteiger partial charge in [0.1, 0.15) is 12.3 Å². The Morgan fingerprint density at radius 1 is 1.35 bits per heavy atom. The van der Waals surface area contributed by atoms with Crippen molar-refractivity contribution in [2.24, 2.45) is 0 Å². The van der Waals surface area contributed by atoms with Crippen molar-refractivity contribution >= 4 is 17.5 Å². The number of carbonyl (C=O) groups is 2. The maximum absolute atomic E-state index is 12.3. The van der Waals surface area contributed by atoms with Crippen molar-refractivity contribution in [1.29, 1.82) is 0 Å². The van der Waals surface area contributed by atoms with Gasteiger partial charge in [-0.1, -0.05) is 26.0 Å². The smallest absolute Gasteiger partial charge is 0.249 e. The van der Waals surface area contributed by atoms with E-state index in [1.54, 1.807) is 11.8 Å². The molecule has 1 aliphatic heterocycles. The third-order valence-electron chi connectivity index (χ3n) is 4.63. The summed E-state index contributed by atoms with van der Waals surface area (Å²) in [6, 6.07) is 5.41. The molecule has 0 bridgehead atoms. The lowest BCUT2D eigenvalue weighted by molar-refractivity contribution is -0.134. The van der Waals surface area contributed by atoms with Crippen molar-refractivity contribution < 1.29 is 14.7 Å². The number of carbonyl (C=O) groups excluding carboxylic acids is 2. The van der Waals surface area contributed by atoms with E-state index in [9.17, 15) is 14.7 Å². The van der Waals surface area contributed by atoms with Crippen molar-refractivity contribution in [2.75, 3.05) is 4.90 Å². The summed E-state index contributed by atoms with van der Waals surface area (Å²) in [4.78, 5) is 25.4. The summed E-state index contributed by atoms with van der Waals surface area (Å²) in [5.74, 6) is -0.261. The van der Waals surface area contributed by atoms with Crippen LogP contribution in [0, 0.1) is 6.92 Å². The van der Waals surface area contributed by atoms with E-state index in [0.717, 1.165) is 23.2 Å². The molecule has 5 nitrogen and oxygen atoms in total. The molecule has 126 valence electrons. The zero-order valence-corrected chi connectivity index (χ0v) is 14.3. The fourth-order valence-corrected chi connectivity index (χ4v) is 3.31. The normalized spacial score (nSPS) is 20.8. The Morgan fingerprint density at radius 3 is 2.61 bits per heavy atom. The van der Waals surface area contributed by atoms with Gasteiger partial charge in [0.2, 0.25) is 11.8 Å². The fourth-order valence-electron chi connectivity index (χ4n) is 3.31. The Hall–Kier alpha value is -1.88. The van der Waals surface area contributed by atoms with E-state index >= 15 is 0 Å². The number of imide groups is 1. The highest BCUT2D eigenvalue weighted by atomic mass is 16.3. The molecule has 0 radical (unpaired) electrons. The molecule has 5 heteroatoms. The van der Waals surface area contributed by atoms with Gasteiger partial charge in [-0.15, -0.1) is 0 Å². The van der Waals surface area contributed by atoms with Gasteiger partial charge in [-0.05, 0) is 49.8 Å². The molecule has 0 spiro atoms. The van der Waals surface area contributed by atoms with Gasteiger partial charge in [0.05, 0.1) is 0 Å². The van der Waals surface area contributed by atoms with Gasteiger partial charge in [-0.25, -0.2) is 0 Å². The molecule has 1 fully saturated rings. The molecule has 1 saturated heterocycles. The van der Waals surface area contributed by atoms with Crippen LogP contribution in [0.5, 0.6) is 0 Å². The van der Waals surface area contributed by atoms with E-state index in [4.69, 9.17) is 0 Å². The molecule has 3 unspecified atom stereocenters. The third-order valence-corrected chi connectivity index (χ3v) is 4.63. The summed E-state index contributed by atoms with van der Waals surface area (Å²) in [5.41, 5.74) is 3.18. The predicted molar refractivity (Wildman–Crippen MR) is 90.2 cm³/mol. The topological polar surface area (TPSA) is 69.6 Å². The van der Waals surface area contributed by atoms with Crippen molar-refractivity contribution in [3.63, 3.8) is 0 Å². The van der Waals surface area contributed by atoms with Crippen LogP contribution in [-0.4, -0.2) is 29.2 Å². The van der Waals surface area contributed by atoms with E-state index < -0.39 is 12.3 Å². The van der Waals surface area contributed by atoms with Crippen LogP contribution in [0.3, 0.4) is 0 Å². The van der Waals surface area contributed by atoms with E-state index in [1.807, 2.05) is 12.1 Å². The van der Waals surface area contributed by atoms with Crippen LogP contribution in [0.15, 0.2) is 18.2 Å². The van der Waals surface area contributed by atoms with Crippen LogP contribution in [0.25, 0.3) is 0 Å². The lowest BCUT2D eigenvalue weighted by atomic mass is 9.91. The number of anilines is 1. The van der Waals surface area contributed by atoms with Gasteiger partial charge in [-0.2, -0.15) is 0 Å². The highest BCUT2D eigenvalue weighted by Crippen LogP contribution is 2.35. The molecule has 23 heavy (non-hydrogen) atoms. The number of hydrogen-bond donors (Lipinski definition) is 2. The number of rotatable bonds is 5. The van der Waals surface area contributed by atoms with Crippen LogP contribution in [-0.2, 0) is 9.59 Å². The number of hydrogen-bond acceptors (Lipinski definition) is 4. The molecule has 1 aromatic carbocycles. The molecule has 0 aromatic heterocycles. The van der Waals surface area contributed by atoms with Crippen LogP contribution < -0.4 is 10.2 Å². The van der Waals surface area contributed by atoms with Crippen molar-refractivity contribution in [1.82, 2.24) is 5.32 Å². The monoisotopic (exact) mass is 318 g/mol. The first kappa shape index (κ1) is 17.5. The quantitative estimate of drug-likeness (QED) is 0.646. The van der Waals surface area contributed by atoms with Crippen molar-refractivity contribution in [3.05, 3.63) is 29.3 Å². The van der Waals surface area contributed by atoms with Crippen molar-refractivity contribution in [3.8, 4) is 0 Å². The number of aliphatic hydroxyl groups excluding tert-OH is 1. The summed E-state index contributed by atoms with van der Waals surface area (Å²) < 4.78 is 0. The predicted octanol–water partition coefficient (Wildman–Crippen LogP) is 2.46. The van der Waals surface area contributed by atoms with Crippen molar-refractivity contribution in [2.45, 2.75) is 65.1 Å². The SMILES string of the molecule is CCC(C)c1c(C)cccc1N(C(C)O)C1CCC(=O)NC1=O. The molecule has 2 amide bonds. The van der Waals surface area contributed by atoms with Gasteiger partial charge in [0.15, 0.2) is 0 Å². The van der Waals surface area contributed by atoms with E-state index in [0.29, 0.717) is 18.8 Å². The number of benzene rings is 1. The highest BCUT2D eigenvalue weighted by molar-refractivity contribution is 6.01. The third kappa shape index (κ3) is 3.55. The summed E-state index contributed by atoms with van der Waals surface area (Å²) in [5, 5.41) is 12.7. The lowest BCUT2D eigenvalue weighted by Gasteiger charge is -2.38. The second-order valence-electron chi connectivity index (χ2n) is 6.32. The number of aliphatic hydroxyl groups is 1. The van der Waals surface area contributed by atoms with Gasteiger partial charge in [0, 0.05) is 12.1 Å². The molecule has 3 atom stereocenters. The van der Waals surface area contributed by atoms with Crippen LogP contribution in [0.2, 0.25) is 0 Å². The minimum absolute atomic E-state index is 0.247. The lowest BCUT2D eigenvalue weighted by Crippen LogP contribution is -2.55. The summed E-state index contributed by atoms with van der Waals surface area (Å²) >= 11 is 0. The molecular weight excluding hydrogens is 292 g/mol. The maximum Gasteiger partial charge on any atom is 0.249 e. The zero-order chi connectivity index (χ0) is 17.1. The molecule has 1 aliphatic rings. The fraction of sp³-hybridized carbons (Fsp3) is 0.556. The van der Waals surface area contributed by atoms with Crippen LogP contribution >= 0.6 is 0 Å². The second kappa shape index (κ2) is 7.13. The number of nitrogens with zero attached hydrogens (tertiary/aromatic N) is 1. The molecule has 2 N–H and O–H groups in total. The summed E-state index contributed by atoms with van der Waals surface area (Å²) in [7, 11) is 0. The van der Waals surface area contributed by atoms with Gasteiger partial charge in [0.25, 0.3) is 0 Å². The second-order valence-corrected chi connectivity index (χ2v) is 6.32. The summed E-state index contributed by atoms with van der Waals surface area (Å²) in [6.45, 7) is 7.98. The zero-order valence-electron chi connectivity index (χ0n) is 14.3. The first-order valence-electron chi connectivity index (χ1n) is 8.26. The highest BCUT2D eigenvalue weighted by Gasteiger charge is 2.35. The number of aryl methyl sites for hydroxylation is 1. The van der Waals surface area contributed by atoms with E-state index in [-0.39, 0.29) is 11.8 Å². The first-order chi connectivity index (χ1) is 10.9. The Balaban J connectivity index is 2.49. The number of nitrogens with one attached hydrogen (secondary N) is 1. The molecule has 1 aromatic rings. The van der Waals surface area contributed by atoms with E-state index in [1.165, 1.54) is 0 Å². The first-order valence-corrected chi connectivity index (χ1v) is 8.26. The molecule has 0 saturated carbocycles.